The summed E-state index contributed by atoms with van der Waals surface area (Å²) in [5, 5.41) is 19.6. The number of hydrogen-bond acceptors (Lipinski definition) is 4. The van der Waals surface area contributed by atoms with Gasteiger partial charge >= 0.3 is 5.97 Å². The van der Waals surface area contributed by atoms with Gasteiger partial charge in [-0.05, 0) is 97.3 Å². The second-order valence-electron chi connectivity index (χ2n) is 14.4. The topological polar surface area (TPSA) is 74.0 Å². The lowest BCUT2D eigenvalue weighted by Crippen LogP contribution is -2.99. The van der Waals surface area contributed by atoms with Gasteiger partial charge < -0.3 is 9.94 Å². The van der Waals surface area contributed by atoms with Crippen LogP contribution >= 0.6 is 0 Å². The summed E-state index contributed by atoms with van der Waals surface area (Å²) in [7, 11) is 0. The molecule has 0 radical (unpaired) electrons. The molecule has 216 valence electrons. The van der Waals surface area contributed by atoms with Gasteiger partial charge in [-0.15, -0.1) is 0 Å². The monoisotopic (exact) mass is 537 g/mol. The third kappa shape index (κ3) is 5.48. The predicted molar refractivity (Wildman–Crippen MR) is 154 cm³/mol. The van der Waals surface area contributed by atoms with Crippen molar-refractivity contribution in [2.24, 2.45) is 46.3 Å². The highest BCUT2D eigenvalue weighted by atomic mass is 16.8. The summed E-state index contributed by atoms with van der Waals surface area (Å²) in [4.78, 5) is 12.9. The molecule has 5 rings (SSSR count). The van der Waals surface area contributed by atoms with E-state index in [1.165, 1.54) is 69.1 Å². The largest absolute Gasteiger partial charge is 0.595 e. The van der Waals surface area contributed by atoms with Crippen molar-refractivity contribution in [3.8, 4) is 0 Å². The maximum atomic E-state index is 12.9. The van der Waals surface area contributed by atoms with Gasteiger partial charge in [-0.1, -0.05) is 71.6 Å². The molecule has 0 amide bonds. The molecule has 0 heterocycles. The first kappa shape index (κ1) is 28.8. The van der Waals surface area contributed by atoms with Crippen molar-refractivity contribution in [1.29, 1.82) is 0 Å². The van der Waals surface area contributed by atoms with Crippen molar-refractivity contribution in [3.05, 3.63) is 46.7 Å². The molecule has 1 aromatic rings. The molecular formula is C34H51NO4. The standard InChI is InChI=1S/C34H51NO4/c1-22(2)8-6-9-23(3)29-14-15-30-28-13-12-25-21-27(16-18-33(25,4)31(28)17-19-34(29,30)5)39-32(36)24-10-7-11-26(20-24)35(37)38/h7,10-12,20,22-23,27-31,35,37H,6,8-9,13-19,21H2,1-5H3/t23-,27+,28-,29+,30-,31-,33+,34-/m1/s1. The second-order valence-corrected chi connectivity index (χ2v) is 14.4. The molecule has 39 heavy (non-hydrogen) atoms. The van der Waals surface area contributed by atoms with E-state index in [0.717, 1.165) is 54.8 Å². The fourth-order valence-corrected chi connectivity index (χ4v) is 9.75. The van der Waals surface area contributed by atoms with Gasteiger partial charge in [0.1, 0.15) is 6.10 Å². The lowest BCUT2D eigenvalue weighted by atomic mass is 9.47. The molecule has 0 aromatic heterocycles. The first-order valence-corrected chi connectivity index (χ1v) is 15.8. The number of carbonyl (C=O) groups is 1. The van der Waals surface area contributed by atoms with E-state index in [1.807, 2.05) is 0 Å². The van der Waals surface area contributed by atoms with Crippen LogP contribution in [0.1, 0.15) is 116 Å². The predicted octanol–water partition coefficient (Wildman–Crippen LogP) is 7.66. The Balaban J connectivity index is 1.24. The number of nitrogens with one attached hydrogen (secondary N) is 1. The smallest absolute Gasteiger partial charge is 0.338 e. The minimum atomic E-state index is -1.03. The quantitative estimate of drug-likeness (QED) is 0.203. The van der Waals surface area contributed by atoms with Gasteiger partial charge in [-0.3, -0.25) is 0 Å². The van der Waals surface area contributed by atoms with Crippen molar-refractivity contribution in [1.82, 2.24) is 0 Å². The van der Waals surface area contributed by atoms with Crippen LogP contribution in [0.15, 0.2) is 35.9 Å². The van der Waals surface area contributed by atoms with E-state index in [1.54, 1.807) is 12.1 Å². The fraction of sp³-hybridized carbons (Fsp3) is 0.735. The van der Waals surface area contributed by atoms with Gasteiger partial charge in [-0.25, -0.2) is 10.0 Å². The van der Waals surface area contributed by atoms with Crippen LogP contribution in [0.2, 0.25) is 0 Å². The summed E-state index contributed by atoms with van der Waals surface area (Å²) in [6, 6.07) is 6.18. The van der Waals surface area contributed by atoms with E-state index < -0.39 is 11.2 Å². The van der Waals surface area contributed by atoms with Gasteiger partial charge in [-0.2, -0.15) is 5.23 Å². The highest BCUT2D eigenvalue weighted by Crippen LogP contribution is 2.67. The molecule has 3 saturated carbocycles. The molecule has 0 aliphatic heterocycles. The van der Waals surface area contributed by atoms with Crippen molar-refractivity contribution < 1.29 is 20.0 Å². The Morgan fingerprint density at radius 2 is 1.90 bits per heavy atom. The summed E-state index contributed by atoms with van der Waals surface area (Å²) in [5.41, 5.74) is 2.66. The zero-order valence-electron chi connectivity index (χ0n) is 24.9. The summed E-state index contributed by atoms with van der Waals surface area (Å²) >= 11 is 0. The first-order chi connectivity index (χ1) is 18.5. The summed E-state index contributed by atoms with van der Waals surface area (Å²) < 4.78 is 5.94. The number of esters is 1. The molecule has 3 fully saturated rings. The zero-order valence-corrected chi connectivity index (χ0v) is 24.9. The number of fused-ring (bicyclic) bond motifs is 5. The molecule has 4 aliphatic rings. The van der Waals surface area contributed by atoms with E-state index in [4.69, 9.17) is 4.74 Å². The number of rotatable bonds is 8. The zero-order chi connectivity index (χ0) is 27.9. The van der Waals surface area contributed by atoms with E-state index in [0.29, 0.717) is 11.0 Å². The highest BCUT2D eigenvalue weighted by molar-refractivity contribution is 5.90. The number of quaternary nitrogens is 1. The second kappa shape index (κ2) is 11.3. The van der Waals surface area contributed by atoms with Crippen LogP contribution in [-0.4, -0.2) is 17.3 Å². The Labute approximate surface area is 235 Å². The summed E-state index contributed by atoms with van der Waals surface area (Å²) in [5.74, 6) is 4.50. The van der Waals surface area contributed by atoms with Gasteiger partial charge in [0.2, 0.25) is 0 Å². The van der Waals surface area contributed by atoms with Crippen LogP contribution in [0.3, 0.4) is 0 Å². The van der Waals surface area contributed by atoms with Crippen LogP contribution < -0.4 is 5.23 Å². The van der Waals surface area contributed by atoms with Crippen LogP contribution in [0.25, 0.3) is 0 Å². The fourth-order valence-electron chi connectivity index (χ4n) is 9.75. The Bertz CT molecular complexity index is 1070. The maximum Gasteiger partial charge on any atom is 0.338 e. The van der Waals surface area contributed by atoms with Crippen LogP contribution in [0.4, 0.5) is 5.69 Å². The average molecular weight is 538 g/mol. The molecule has 1 unspecified atom stereocenters. The summed E-state index contributed by atoms with van der Waals surface area (Å²) in [6.07, 6.45) is 16.1. The average Bonchev–Trinajstić information content (AvgIpc) is 3.26. The normalized spacial score (nSPS) is 37.3. The van der Waals surface area contributed by atoms with E-state index in [2.05, 4.69) is 40.7 Å². The molecule has 1 aromatic carbocycles. The maximum absolute atomic E-state index is 12.9. The molecular weight excluding hydrogens is 486 g/mol. The Hall–Kier alpha value is -1.69. The van der Waals surface area contributed by atoms with Crippen molar-refractivity contribution >= 4 is 11.7 Å². The molecule has 2 N–H and O–H groups in total. The van der Waals surface area contributed by atoms with Crippen molar-refractivity contribution in [2.75, 3.05) is 0 Å². The third-order valence-electron chi connectivity index (χ3n) is 11.9. The van der Waals surface area contributed by atoms with E-state index >= 15 is 0 Å². The molecule has 4 aliphatic carbocycles. The molecule has 0 spiro atoms. The molecule has 5 nitrogen and oxygen atoms in total. The molecule has 9 atom stereocenters. The van der Waals surface area contributed by atoms with Crippen molar-refractivity contribution in [3.63, 3.8) is 0 Å². The molecule has 0 bridgehead atoms. The number of benzene rings is 1. The van der Waals surface area contributed by atoms with Crippen LogP contribution in [0, 0.1) is 51.5 Å². The number of carbonyl (C=O) groups excluding carboxylic acids is 1. The lowest BCUT2D eigenvalue weighted by Gasteiger charge is -2.58. The first-order valence-electron chi connectivity index (χ1n) is 15.8. The SMILES string of the molecule is CC(C)CCC[C@@H](C)[C@@H]1CC[C@@H]2[C@H]3CC=C4C[C@@H](OC(=O)c5cccc([NH+]([O-])O)c5)CC[C@]4(C)[C@@H]3CC[C@@]21C. The number of hydrogen-bond donors (Lipinski definition) is 2. The van der Waals surface area contributed by atoms with E-state index in [-0.39, 0.29) is 17.2 Å². The number of ether oxygens (including phenoxy) is 1. The van der Waals surface area contributed by atoms with Crippen LogP contribution in [-0.2, 0) is 4.74 Å². The van der Waals surface area contributed by atoms with Gasteiger partial charge in [0.25, 0.3) is 0 Å². The highest BCUT2D eigenvalue weighted by Gasteiger charge is 2.59. The van der Waals surface area contributed by atoms with Crippen molar-refractivity contribution in [2.45, 2.75) is 111 Å². The lowest BCUT2D eigenvalue weighted by molar-refractivity contribution is -0.991. The summed E-state index contributed by atoms with van der Waals surface area (Å²) in [6.45, 7) is 12.4. The Morgan fingerprint density at radius 3 is 2.64 bits per heavy atom. The minimum Gasteiger partial charge on any atom is -0.595 e. The van der Waals surface area contributed by atoms with Gasteiger partial charge in [0, 0.05) is 18.6 Å². The van der Waals surface area contributed by atoms with Gasteiger partial charge in [0.05, 0.1) is 5.56 Å². The van der Waals surface area contributed by atoms with Crippen LogP contribution in [0.5, 0.6) is 0 Å². The Morgan fingerprint density at radius 1 is 1.10 bits per heavy atom. The molecule has 5 heteroatoms. The minimum absolute atomic E-state index is 0.116. The Kier molecular flexibility index (Phi) is 8.35. The third-order valence-corrected chi connectivity index (χ3v) is 11.9. The van der Waals surface area contributed by atoms with E-state index in [9.17, 15) is 15.2 Å². The van der Waals surface area contributed by atoms with Gasteiger partial charge in [0.15, 0.2) is 5.69 Å². The number of allylic oxidation sites excluding steroid dienone is 1. The molecule has 0 saturated heterocycles.